The summed E-state index contributed by atoms with van der Waals surface area (Å²) in [4.78, 5) is 27.9. The van der Waals surface area contributed by atoms with Gasteiger partial charge in [0, 0.05) is 31.1 Å². The van der Waals surface area contributed by atoms with Gasteiger partial charge in [0.25, 0.3) is 0 Å². The number of carbonyl (C=O) groups is 2. The van der Waals surface area contributed by atoms with Crippen molar-refractivity contribution in [1.82, 2.24) is 15.7 Å². The third-order valence-electron chi connectivity index (χ3n) is 4.82. The van der Waals surface area contributed by atoms with Crippen molar-refractivity contribution in [1.29, 1.82) is 0 Å². The van der Waals surface area contributed by atoms with E-state index >= 15 is 0 Å². The molecule has 2 amide bonds. The summed E-state index contributed by atoms with van der Waals surface area (Å²) in [5.41, 5.74) is 3.75. The van der Waals surface area contributed by atoms with E-state index < -0.39 is 5.91 Å². The van der Waals surface area contributed by atoms with E-state index in [4.69, 9.17) is 9.94 Å². The molecule has 3 unspecified atom stereocenters. The van der Waals surface area contributed by atoms with E-state index in [0.29, 0.717) is 13.0 Å². The number of hydrogen-bond acceptors (Lipinski definition) is 6. The highest BCUT2D eigenvalue weighted by atomic mass is 16.6. The summed E-state index contributed by atoms with van der Waals surface area (Å²) >= 11 is 0. The Bertz CT molecular complexity index is 666. The number of nitrogens with one attached hydrogen (secondary N) is 2. The molecule has 3 atom stereocenters. The zero-order chi connectivity index (χ0) is 18.7. The third kappa shape index (κ3) is 4.32. The van der Waals surface area contributed by atoms with Crippen molar-refractivity contribution in [2.45, 2.75) is 25.2 Å². The molecule has 26 heavy (non-hydrogen) atoms. The molecule has 2 aliphatic rings. The molecule has 1 fully saturated rings. The molecule has 0 spiro atoms. The molecule has 8 nitrogen and oxygen atoms in total. The summed E-state index contributed by atoms with van der Waals surface area (Å²) in [6.45, 7) is 1.59. The lowest BCUT2D eigenvalue weighted by Crippen LogP contribution is -2.41. The molecular formula is C18H26N4O4. The van der Waals surface area contributed by atoms with Crippen LogP contribution in [0.4, 0.5) is 5.69 Å². The maximum Gasteiger partial charge on any atom is 0.243 e. The summed E-state index contributed by atoms with van der Waals surface area (Å²) in [7, 11) is 3.92. The first-order chi connectivity index (χ1) is 12.5. The molecule has 0 aromatic heterocycles. The second-order valence-corrected chi connectivity index (χ2v) is 7.10. The van der Waals surface area contributed by atoms with Crippen LogP contribution >= 0.6 is 0 Å². The molecule has 3 N–H and O–H groups in total. The average Bonchev–Trinajstić information content (AvgIpc) is 3.40. The van der Waals surface area contributed by atoms with Gasteiger partial charge in [0.2, 0.25) is 11.8 Å². The van der Waals surface area contributed by atoms with Crippen LogP contribution < -0.4 is 15.7 Å². The molecule has 1 aromatic carbocycles. The van der Waals surface area contributed by atoms with E-state index in [1.54, 1.807) is 5.48 Å². The lowest BCUT2D eigenvalue weighted by molar-refractivity contribution is -0.130. The van der Waals surface area contributed by atoms with Crippen molar-refractivity contribution in [2.24, 2.45) is 5.92 Å². The first-order valence-electron chi connectivity index (χ1n) is 8.84. The molecule has 0 radical (unpaired) electrons. The number of hydroxylamine groups is 1. The number of amides is 2. The van der Waals surface area contributed by atoms with Crippen LogP contribution in [0.5, 0.6) is 0 Å². The first kappa shape index (κ1) is 18.6. The molecule has 1 aromatic rings. The minimum Gasteiger partial charge on any atom is -0.353 e. The van der Waals surface area contributed by atoms with Gasteiger partial charge in [0.05, 0.1) is 6.54 Å². The number of para-hydroxylation sites is 1. The fraction of sp³-hybridized carbons (Fsp3) is 0.556. The fourth-order valence-electron chi connectivity index (χ4n) is 3.49. The SMILES string of the molecule is CN(C)CCNC(=O)CN1c2ccccc2CC(CC(=O)NO)C2OC21. The summed E-state index contributed by atoms with van der Waals surface area (Å²) in [6.07, 6.45) is 0.530. The number of ether oxygens (including phenoxy) is 1. The molecule has 3 rings (SSSR count). The number of benzene rings is 1. The zero-order valence-corrected chi connectivity index (χ0v) is 15.1. The summed E-state index contributed by atoms with van der Waals surface area (Å²) in [6, 6.07) is 7.89. The van der Waals surface area contributed by atoms with E-state index in [9.17, 15) is 9.59 Å². The highest BCUT2D eigenvalue weighted by molar-refractivity contribution is 5.82. The molecule has 2 heterocycles. The Morgan fingerprint density at radius 3 is 2.81 bits per heavy atom. The Morgan fingerprint density at radius 1 is 1.31 bits per heavy atom. The Hall–Kier alpha value is -2.16. The summed E-state index contributed by atoms with van der Waals surface area (Å²) in [5, 5.41) is 11.7. The van der Waals surface area contributed by atoms with E-state index in [0.717, 1.165) is 17.8 Å². The number of anilines is 1. The van der Waals surface area contributed by atoms with E-state index in [1.807, 2.05) is 48.2 Å². The minimum atomic E-state index is -0.420. The number of rotatable bonds is 7. The van der Waals surface area contributed by atoms with Crippen molar-refractivity contribution >= 4 is 17.5 Å². The Balaban J connectivity index is 1.71. The maximum absolute atomic E-state index is 12.4. The maximum atomic E-state index is 12.4. The van der Waals surface area contributed by atoms with Crippen LogP contribution in [-0.4, -0.2) is 68.0 Å². The van der Waals surface area contributed by atoms with Crippen molar-refractivity contribution in [3.05, 3.63) is 29.8 Å². The van der Waals surface area contributed by atoms with Crippen LogP contribution in [0.2, 0.25) is 0 Å². The van der Waals surface area contributed by atoms with E-state index in [1.165, 1.54) is 0 Å². The highest BCUT2D eigenvalue weighted by Gasteiger charge is 2.51. The molecule has 0 bridgehead atoms. The van der Waals surface area contributed by atoms with Crippen molar-refractivity contribution < 1.29 is 19.5 Å². The van der Waals surface area contributed by atoms with Crippen LogP contribution in [0.1, 0.15) is 12.0 Å². The largest absolute Gasteiger partial charge is 0.353 e. The number of fused-ring (bicyclic) bond motifs is 2. The topological polar surface area (TPSA) is 97.4 Å². The normalized spacial score (nSPS) is 23.7. The number of epoxide rings is 1. The molecule has 0 saturated carbocycles. The van der Waals surface area contributed by atoms with Crippen LogP contribution in [-0.2, 0) is 20.7 Å². The smallest absolute Gasteiger partial charge is 0.243 e. The van der Waals surface area contributed by atoms with Gasteiger partial charge >= 0.3 is 0 Å². The molecule has 1 saturated heterocycles. The van der Waals surface area contributed by atoms with Gasteiger partial charge in [-0.2, -0.15) is 0 Å². The number of nitrogens with zero attached hydrogens (tertiary/aromatic N) is 2. The lowest BCUT2D eigenvalue weighted by Gasteiger charge is -2.24. The van der Waals surface area contributed by atoms with Crippen molar-refractivity contribution in [3.63, 3.8) is 0 Å². The zero-order valence-electron chi connectivity index (χ0n) is 15.1. The average molecular weight is 362 g/mol. The van der Waals surface area contributed by atoms with E-state index in [2.05, 4.69) is 5.32 Å². The first-order valence-corrected chi connectivity index (χ1v) is 8.84. The van der Waals surface area contributed by atoms with Gasteiger partial charge in [-0.25, -0.2) is 5.48 Å². The van der Waals surface area contributed by atoms with E-state index in [-0.39, 0.29) is 37.1 Å². The molecule has 2 aliphatic heterocycles. The van der Waals surface area contributed by atoms with Gasteiger partial charge in [0.1, 0.15) is 6.10 Å². The second kappa shape index (κ2) is 8.03. The second-order valence-electron chi connectivity index (χ2n) is 7.10. The minimum absolute atomic E-state index is 0.0323. The van der Waals surface area contributed by atoms with Crippen molar-refractivity contribution in [2.75, 3.05) is 38.6 Å². The molecule has 142 valence electrons. The van der Waals surface area contributed by atoms with Gasteiger partial charge in [-0.05, 0) is 32.1 Å². The van der Waals surface area contributed by atoms with Crippen molar-refractivity contribution in [3.8, 4) is 0 Å². The van der Waals surface area contributed by atoms with Gasteiger partial charge < -0.3 is 19.9 Å². The number of hydrogen-bond donors (Lipinski definition) is 3. The summed E-state index contributed by atoms with van der Waals surface area (Å²) in [5.74, 6) is -0.505. The van der Waals surface area contributed by atoms with Crippen LogP contribution in [0.3, 0.4) is 0 Å². The highest BCUT2D eigenvalue weighted by Crippen LogP contribution is 2.43. The van der Waals surface area contributed by atoms with Gasteiger partial charge in [-0.15, -0.1) is 0 Å². The van der Waals surface area contributed by atoms with Gasteiger partial charge in [-0.1, -0.05) is 18.2 Å². The lowest BCUT2D eigenvalue weighted by atomic mass is 9.93. The molecule has 8 heteroatoms. The monoisotopic (exact) mass is 362 g/mol. The summed E-state index contributed by atoms with van der Waals surface area (Å²) < 4.78 is 5.80. The van der Waals surface area contributed by atoms with Crippen LogP contribution in [0.25, 0.3) is 0 Å². The Morgan fingerprint density at radius 2 is 2.08 bits per heavy atom. The number of likely N-dealkylation sites (N-methyl/N-ethyl adjacent to an activating group) is 1. The Kier molecular flexibility index (Phi) is 5.75. The number of carbonyl (C=O) groups excluding carboxylic acids is 2. The quantitative estimate of drug-likeness (QED) is 0.358. The molecule has 0 aliphatic carbocycles. The van der Waals surface area contributed by atoms with Crippen LogP contribution in [0.15, 0.2) is 24.3 Å². The predicted molar refractivity (Wildman–Crippen MR) is 95.8 cm³/mol. The Labute approximate surface area is 153 Å². The van der Waals surface area contributed by atoms with Crippen LogP contribution in [0, 0.1) is 5.92 Å². The molecular weight excluding hydrogens is 336 g/mol. The van der Waals surface area contributed by atoms with Gasteiger partial charge in [-0.3, -0.25) is 14.8 Å². The fourth-order valence-corrected chi connectivity index (χ4v) is 3.49. The predicted octanol–water partition coefficient (Wildman–Crippen LogP) is -0.0365. The third-order valence-corrected chi connectivity index (χ3v) is 4.82. The standard InChI is InChI=1S/C18H26N4O4/c1-21(2)8-7-19-16(24)11-22-14-6-4-3-5-12(14)9-13(10-15(23)20-25)17-18(22)26-17/h3-6,13,17-18,25H,7-11H2,1-2H3,(H,19,24)(H,20,23). The van der Waals surface area contributed by atoms with Gasteiger partial charge in [0.15, 0.2) is 6.23 Å².